The van der Waals surface area contributed by atoms with Crippen LogP contribution in [0.5, 0.6) is 0 Å². The quantitative estimate of drug-likeness (QED) is 0.581. The Morgan fingerprint density at radius 2 is 1.92 bits per heavy atom. The van der Waals surface area contributed by atoms with Gasteiger partial charge < -0.3 is 10.3 Å². The van der Waals surface area contributed by atoms with Crippen LogP contribution in [0.1, 0.15) is 11.1 Å². The molecule has 0 bridgehead atoms. The summed E-state index contributed by atoms with van der Waals surface area (Å²) in [7, 11) is 0. The Morgan fingerprint density at radius 3 is 2.79 bits per heavy atom. The van der Waals surface area contributed by atoms with E-state index in [0.717, 1.165) is 40.2 Å². The van der Waals surface area contributed by atoms with Crippen LogP contribution in [0.25, 0.3) is 22.3 Å². The lowest BCUT2D eigenvalue weighted by Gasteiger charge is -2.07. The topological polar surface area (TPSA) is 53.6 Å². The maximum absolute atomic E-state index is 4.75. The van der Waals surface area contributed by atoms with Gasteiger partial charge in [0.15, 0.2) is 0 Å². The second-order valence-corrected chi connectivity index (χ2v) is 5.86. The van der Waals surface area contributed by atoms with E-state index in [2.05, 4.69) is 40.4 Å². The van der Waals surface area contributed by atoms with Gasteiger partial charge in [0, 0.05) is 29.9 Å². The predicted octanol–water partition coefficient (Wildman–Crippen LogP) is 4.55. The summed E-state index contributed by atoms with van der Waals surface area (Å²) in [5, 5.41) is 4.49. The Labute approximate surface area is 140 Å². The van der Waals surface area contributed by atoms with E-state index in [0.29, 0.717) is 0 Å². The highest BCUT2D eigenvalue weighted by atomic mass is 15.0. The molecule has 0 saturated carbocycles. The van der Waals surface area contributed by atoms with Crippen LogP contribution in [0.3, 0.4) is 0 Å². The molecule has 0 aliphatic carbocycles. The Kier molecular flexibility index (Phi) is 3.71. The van der Waals surface area contributed by atoms with Crippen molar-refractivity contribution in [2.45, 2.75) is 13.5 Å². The number of aryl methyl sites for hydroxylation is 1. The molecule has 0 aliphatic rings. The molecule has 118 valence electrons. The second kappa shape index (κ2) is 6.16. The van der Waals surface area contributed by atoms with Gasteiger partial charge in [0.1, 0.15) is 11.5 Å². The number of nitrogens with zero attached hydrogens (tertiary/aromatic N) is 2. The fourth-order valence-corrected chi connectivity index (χ4v) is 2.79. The first-order valence-corrected chi connectivity index (χ1v) is 7.98. The number of pyridine rings is 2. The maximum Gasteiger partial charge on any atom is 0.137 e. The lowest BCUT2D eigenvalue weighted by molar-refractivity contribution is 1.11. The molecule has 0 amide bonds. The van der Waals surface area contributed by atoms with Gasteiger partial charge in [-0.05, 0) is 36.2 Å². The largest absolute Gasteiger partial charge is 0.366 e. The SMILES string of the molecule is Cc1cnc2[nH]cc(-c3cccc(NCc4ccccc4)n3)c2c1. The summed E-state index contributed by atoms with van der Waals surface area (Å²) in [6.45, 7) is 2.81. The molecule has 0 spiro atoms. The van der Waals surface area contributed by atoms with Gasteiger partial charge in [-0.1, -0.05) is 36.4 Å². The number of hydrogen-bond acceptors (Lipinski definition) is 3. The molecule has 3 aromatic heterocycles. The van der Waals surface area contributed by atoms with Crippen molar-refractivity contribution in [1.82, 2.24) is 15.0 Å². The Hall–Kier alpha value is -3.14. The van der Waals surface area contributed by atoms with Crippen molar-refractivity contribution in [3.63, 3.8) is 0 Å². The molecule has 4 rings (SSSR count). The normalized spacial score (nSPS) is 10.9. The summed E-state index contributed by atoms with van der Waals surface area (Å²) in [4.78, 5) is 12.4. The summed E-state index contributed by atoms with van der Waals surface area (Å²) < 4.78 is 0. The third kappa shape index (κ3) is 2.86. The molecule has 4 nitrogen and oxygen atoms in total. The van der Waals surface area contributed by atoms with E-state index in [1.165, 1.54) is 5.56 Å². The van der Waals surface area contributed by atoms with Gasteiger partial charge in [-0.25, -0.2) is 9.97 Å². The van der Waals surface area contributed by atoms with E-state index in [4.69, 9.17) is 4.98 Å². The van der Waals surface area contributed by atoms with E-state index in [9.17, 15) is 0 Å². The molecule has 0 saturated heterocycles. The maximum atomic E-state index is 4.75. The lowest BCUT2D eigenvalue weighted by atomic mass is 10.1. The molecule has 0 aliphatic heterocycles. The van der Waals surface area contributed by atoms with Crippen LogP contribution in [-0.2, 0) is 6.54 Å². The van der Waals surface area contributed by atoms with Crippen LogP contribution in [0.4, 0.5) is 5.82 Å². The van der Waals surface area contributed by atoms with Gasteiger partial charge in [0.05, 0.1) is 5.69 Å². The van der Waals surface area contributed by atoms with E-state index in [1.54, 1.807) is 0 Å². The monoisotopic (exact) mass is 314 g/mol. The molecule has 4 aromatic rings. The van der Waals surface area contributed by atoms with Crippen LogP contribution in [-0.4, -0.2) is 15.0 Å². The number of aromatic amines is 1. The zero-order valence-corrected chi connectivity index (χ0v) is 13.5. The first kappa shape index (κ1) is 14.5. The third-order valence-corrected chi connectivity index (χ3v) is 4.01. The number of anilines is 1. The minimum Gasteiger partial charge on any atom is -0.366 e. The summed E-state index contributed by atoms with van der Waals surface area (Å²) in [5.74, 6) is 0.867. The van der Waals surface area contributed by atoms with Crippen molar-refractivity contribution in [2.75, 3.05) is 5.32 Å². The Morgan fingerprint density at radius 1 is 1.04 bits per heavy atom. The van der Waals surface area contributed by atoms with Gasteiger partial charge in [-0.2, -0.15) is 0 Å². The smallest absolute Gasteiger partial charge is 0.137 e. The van der Waals surface area contributed by atoms with Crippen molar-refractivity contribution < 1.29 is 0 Å². The average molecular weight is 314 g/mol. The van der Waals surface area contributed by atoms with Crippen LogP contribution >= 0.6 is 0 Å². The first-order chi connectivity index (χ1) is 11.8. The van der Waals surface area contributed by atoms with Crippen LogP contribution in [0.15, 0.2) is 67.0 Å². The first-order valence-electron chi connectivity index (χ1n) is 7.98. The number of H-pyrrole nitrogens is 1. The molecule has 24 heavy (non-hydrogen) atoms. The number of nitrogens with one attached hydrogen (secondary N) is 2. The standard InChI is InChI=1S/C20H18N4/c1-14-10-16-17(13-23-20(16)22-11-14)18-8-5-9-19(24-18)21-12-15-6-3-2-4-7-15/h2-11,13H,12H2,1H3,(H,21,24)(H,22,23). The van der Waals surface area contributed by atoms with Gasteiger partial charge in [0.25, 0.3) is 0 Å². The molecule has 3 heterocycles. The van der Waals surface area contributed by atoms with Crippen molar-refractivity contribution in [2.24, 2.45) is 0 Å². The zero-order chi connectivity index (χ0) is 16.4. The van der Waals surface area contributed by atoms with Crippen LogP contribution < -0.4 is 5.32 Å². The van der Waals surface area contributed by atoms with Crippen molar-refractivity contribution in [1.29, 1.82) is 0 Å². The molecule has 1 aromatic carbocycles. The van der Waals surface area contributed by atoms with Gasteiger partial charge in [0.2, 0.25) is 0 Å². The number of benzene rings is 1. The van der Waals surface area contributed by atoms with Gasteiger partial charge in [-0.15, -0.1) is 0 Å². The van der Waals surface area contributed by atoms with E-state index in [-0.39, 0.29) is 0 Å². The number of hydrogen-bond donors (Lipinski definition) is 2. The lowest BCUT2D eigenvalue weighted by Crippen LogP contribution is -2.01. The van der Waals surface area contributed by atoms with Crippen LogP contribution in [0, 0.1) is 6.92 Å². The predicted molar refractivity (Wildman–Crippen MR) is 97.8 cm³/mol. The fourth-order valence-electron chi connectivity index (χ4n) is 2.79. The van der Waals surface area contributed by atoms with Crippen molar-refractivity contribution >= 4 is 16.9 Å². The summed E-state index contributed by atoms with van der Waals surface area (Å²) in [6, 6.07) is 18.5. The highest BCUT2D eigenvalue weighted by Gasteiger charge is 2.09. The van der Waals surface area contributed by atoms with Crippen LogP contribution in [0.2, 0.25) is 0 Å². The van der Waals surface area contributed by atoms with Crippen molar-refractivity contribution in [3.05, 3.63) is 78.1 Å². The highest BCUT2D eigenvalue weighted by Crippen LogP contribution is 2.27. The van der Waals surface area contributed by atoms with Crippen molar-refractivity contribution in [3.8, 4) is 11.3 Å². The minimum absolute atomic E-state index is 0.756. The average Bonchev–Trinajstić information content (AvgIpc) is 3.04. The van der Waals surface area contributed by atoms with E-state index in [1.807, 2.05) is 48.8 Å². The highest BCUT2D eigenvalue weighted by molar-refractivity contribution is 5.92. The molecular weight excluding hydrogens is 296 g/mol. The third-order valence-electron chi connectivity index (χ3n) is 4.01. The Balaban J connectivity index is 1.63. The molecule has 0 radical (unpaired) electrons. The summed E-state index contributed by atoms with van der Waals surface area (Å²) in [5.41, 5.74) is 5.27. The molecule has 0 fully saturated rings. The number of rotatable bonds is 4. The van der Waals surface area contributed by atoms with E-state index >= 15 is 0 Å². The summed E-state index contributed by atoms with van der Waals surface area (Å²) >= 11 is 0. The zero-order valence-electron chi connectivity index (χ0n) is 13.5. The number of aromatic nitrogens is 3. The van der Waals surface area contributed by atoms with E-state index < -0.39 is 0 Å². The molecular formula is C20H18N4. The molecule has 4 heteroatoms. The number of fused-ring (bicyclic) bond motifs is 1. The molecule has 0 unspecified atom stereocenters. The summed E-state index contributed by atoms with van der Waals surface area (Å²) in [6.07, 6.45) is 3.84. The van der Waals surface area contributed by atoms with Gasteiger partial charge >= 0.3 is 0 Å². The fraction of sp³-hybridized carbons (Fsp3) is 0.100. The second-order valence-electron chi connectivity index (χ2n) is 5.86. The molecule has 0 atom stereocenters. The molecule has 2 N–H and O–H groups in total. The van der Waals surface area contributed by atoms with Gasteiger partial charge in [-0.3, -0.25) is 0 Å². The Bertz CT molecular complexity index is 973. The minimum atomic E-state index is 0.756.